The van der Waals surface area contributed by atoms with E-state index in [-0.39, 0.29) is 0 Å². The number of thioether (sulfide) groups is 1. The van der Waals surface area contributed by atoms with E-state index >= 15 is 0 Å². The molecule has 1 heterocycles. The van der Waals surface area contributed by atoms with Gasteiger partial charge in [0.05, 0.1) is 0 Å². The molecular weight excluding hydrogens is 263 g/mol. The van der Waals surface area contributed by atoms with Gasteiger partial charge in [0.25, 0.3) is 0 Å². The fourth-order valence-electron chi connectivity index (χ4n) is 0.985. The van der Waals surface area contributed by atoms with Crippen LogP contribution >= 0.6 is 11.8 Å². The van der Waals surface area contributed by atoms with Gasteiger partial charge in [0.15, 0.2) is 0 Å². The summed E-state index contributed by atoms with van der Waals surface area (Å²) >= 11 is -1.97. The minimum Gasteiger partial charge on any atom is -0.235 e. The van der Waals surface area contributed by atoms with Crippen LogP contribution in [0.25, 0.3) is 0 Å². The van der Waals surface area contributed by atoms with E-state index in [0.29, 0.717) is 0 Å². The lowest BCUT2D eigenvalue weighted by molar-refractivity contribution is -0.300. The summed E-state index contributed by atoms with van der Waals surface area (Å²) < 4.78 is 110. The lowest BCUT2D eigenvalue weighted by Gasteiger charge is -2.28. The van der Waals surface area contributed by atoms with Crippen molar-refractivity contribution in [3.05, 3.63) is 0 Å². The van der Waals surface area contributed by atoms with Crippen molar-refractivity contribution in [2.75, 3.05) is 0 Å². The van der Waals surface area contributed by atoms with Crippen LogP contribution in [0, 0.1) is 0 Å². The summed E-state index contributed by atoms with van der Waals surface area (Å²) in [5, 5.41) is -10.7. The predicted molar refractivity (Wildman–Crippen MR) is 32.3 cm³/mol. The Kier molecular flexibility index (Phi) is 2.46. The van der Waals surface area contributed by atoms with Crippen LogP contribution in [0.1, 0.15) is 0 Å². The molecule has 10 heteroatoms. The Hall–Kier alpha value is -0.280. The third kappa shape index (κ3) is 1.48. The monoisotopic (exact) mass is 264 g/mol. The Balaban J connectivity index is 3.29. The van der Waals surface area contributed by atoms with Crippen LogP contribution in [-0.2, 0) is 0 Å². The van der Waals surface area contributed by atoms with Crippen LogP contribution in [0.5, 0.6) is 0 Å². The zero-order chi connectivity index (χ0) is 12.3. The lowest BCUT2D eigenvalue weighted by atomic mass is 10.0. The van der Waals surface area contributed by atoms with Gasteiger partial charge in [-0.25, -0.2) is 8.78 Å². The second kappa shape index (κ2) is 2.89. The van der Waals surface area contributed by atoms with E-state index in [0.717, 1.165) is 0 Å². The first-order valence-corrected chi connectivity index (χ1v) is 4.03. The molecule has 1 saturated heterocycles. The summed E-state index contributed by atoms with van der Waals surface area (Å²) in [4.78, 5) is 0. The van der Waals surface area contributed by atoms with E-state index < -0.39 is 40.3 Å². The predicted octanol–water partition coefficient (Wildman–Crippen LogP) is 3.53. The number of rotatable bonds is 0. The molecule has 0 nitrogen and oxygen atoms in total. The Morgan fingerprint density at radius 3 is 1.47 bits per heavy atom. The molecule has 0 aromatic heterocycles. The average Bonchev–Trinajstić information content (AvgIpc) is 2.07. The number of halogens is 9. The fraction of sp³-hybridized carbons (Fsp3) is 1.00. The van der Waals surface area contributed by atoms with Crippen molar-refractivity contribution in [2.24, 2.45) is 0 Å². The van der Waals surface area contributed by atoms with Crippen LogP contribution in [0.2, 0.25) is 0 Å². The van der Waals surface area contributed by atoms with Gasteiger partial charge in [-0.2, -0.15) is 30.7 Å². The maximum atomic E-state index is 12.7. The van der Waals surface area contributed by atoms with Gasteiger partial charge in [0.1, 0.15) is 0 Å². The summed E-state index contributed by atoms with van der Waals surface area (Å²) in [6.07, 6.45) is -11.0. The summed E-state index contributed by atoms with van der Waals surface area (Å²) in [5.74, 6) is 0. The van der Waals surface area contributed by atoms with Crippen molar-refractivity contribution in [3.63, 3.8) is 0 Å². The molecule has 0 aliphatic carbocycles. The molecule has 0 N–H and O–H groups in total. The van der Waals surface area contributed by atoms with E-state index in [4.69, 9.17) is 0 Å². The van der Waals surface area contributed by atoms with Crippen LogP contribution in [-0.4, -0.2) is 28.5 Å². The van der Waals surface area contributed by atoms with Gasteiger partial charge in [0, 0.05) is 0 Å². The molecule has 0 spiro atoms. The van der Waals surface area contributed by atoms with Gasteiger partial charge >= 0.3 is 22.4 Å². The van der Waals surface area contributed by atoms with Gasteiger partial charge in [-0.15, -0.1) is 0 Å². The van der Waals surface area contributed by atoms with Crippen molar-refractivity contribution >= 4 is 11.8 Å². The highest BCUT2D eigenvalue weighted by atomic mass is 32.2. The molecule has 2 unspecified atom stereocenters. The summed E-state index contributed by atoms with van der Waals surface area (Å²) in [7, 11) is 0. The summed E-state index contributed by atoms with van der Waals surface area (Å²) in [6.45, 7) is 0. The molecule has 1 rings (SSSR count). The summed E-state index contributed by atoms with van der Waals surface area (Å²) in [6, 6.07) is 0. The number of hydrogen-bond donors (Lipinski definition) is 0. The SMILES string of the molecule is FC1C(F)(F)SC(F)(F)C1(F)C(F)(F)F. The second-order valence-electron chi connectivity index (χ2n) is 2.75. The van der Waals surface area contributed by atoms with Crippen LogP contribution in [0.3, 0.4) is 0 Å². The third-order valence-corrected chi connectivity index (χ3v) is 2.78. The Morgan fingerprint density at radius 2 is 1.33 bits per heavy atom. The maximum absolute atomic E-state index is 12.7. The highest BCUT2D eigenvalue weighted by Crippen LogP contribution is 2.66. The van der Waals surface area contributed by atoms with Gasteiger partial charge in [-0.1, -0.05) is 0 Å². The summed E-state index contributed by atoms with van der Waals surface area (Å²) in [5.41, 5.74) is -5.87. The minimum atomic E-state index is -6.41. The zero-order valence-electron chi connectivity index (χ0n) is 6.39. The van der Waals surface area contributed by atoms with Crippen molar-refractivity contribution in [2.45, 2.75) is 28.5 Å². The quantitative estimate of drug-likeness (QED) is 0.603. The molecule has 0 amide bonds. The second-order valence-corrected chi connectivity index (χ2v) is 4.01. The van der Waals surface area contributed by atoms with E-state index in [9.17, 15) is 39.5 Å². The molecular formula is C5HF9S. The Morgan fingerprint density at radius 1 is 0.933 bits per heavy atom. The molecule has 1 aliphatic heterocycles. The normalized spacial score (nSPS) is 39.4. The van der Waals surface area contributed by atoms with Gasteiger partial charge in [0.2, 0.25) is 6.17 Å². The van der Waals surface area contributed by atoms with Gasteiger partial charge in [-0.3, -0.25) is 0 Å². The van der Waals surface area contributed by atoms with E-state index in [1.807, 2.05) is 0 Å². The highest BCUT2D eigenvalue weighted by molar-refractivity contribution is 8.01. The maximum Gasteiger partial charge on any atom is 0.432 e. The van der Waals surface area contributed by atoms with Crippen LogP contribution in [0.15, 0.2) is 0 Å². The van der Waals surface area contributed by atoms with E-state index in [1.165, 1.54) is 0 Å². The molecule has 15 heavy (non-hydrogen) atoms. The van der Waals surface area contributed by atoms with Crippen molar-refractivity contribution in [1.29, 1.82) is 0 Å². The standard InChI is InChI=1S/C5HF9S/c6-1-2(7,4(10,11)12)5(13,14)15-3(1,8)9/h1H. The molecule has 0 radical (unpaired) electrons. The largest absolute Gasteiger partial charge is 0.432 e. The first-order valence-electron chi connectivity index (χ1n) is 3.22. The van der Waals surface area contributed by atoms with Crippen LogP contribution < -0.4 is 0 Å². The molecule has 1 aliphatic rings. The first-order chi connectivity index (χ1) is 6.36. The van der Waals surface area contributed by atoms with Gasteiger partial charge in [-0.05, 0) is 11.8 Å². The smallest absolute Gasteiger partial charge is 0.235 e. The number of hydrogen-bond acceptors (Lipinski definition) is 1. The Labute approximate surface area is 80.8 Å². The third-order valence-electron chi connectivity index (χ3n) is 1.74. The highest BCUT2D eigenvalue weighted by Gasteiger charge is 2.87. The number of alkyl halides is 9. The molecule has 0 saturated carbocycles. The first kappa shape index (κ1) is 12.8. The molecule has 2 atom stereocenters. The average molecular weight is 264 g/mol. The lowest BCUT2D eigenvalue weighted by Crippen LogP contribution is -2.57. The molecule has 0 aromatic carbocycles. The van der Waals surface area contributed by atoms with Crippen molar-refractivity contribution in [3.8, 4) is 0 Å². The molecule has 0 aromatic rings. The van der Waals surface area contributed by atoms with Crippen LogP contribution in [0.4, 0.5) is 39.5 Å². The van der Waals surface area contributed by atoms with Gasteiger partial charge < -0.3 is 0 Å². The molecule has 90 valence electrons. The van der Waals surface area contributed by atoms with E-state index in [1.54, 1.807) is 0 Å². The minimum absolute atomic E-state index is 1.97. The Bertz CT molecular complexity index is 270. The van der Waals surface area contributed by atoms with E-state index in [2.05, 4.69) is 0 Å². The molecule has 1 fully saturated rings. The van der Waals surface area contributed by atoms with Crippen molar-refractivity contribution < 1.29 is 39.5 Å². The topological polar surface area (TPSA) is 0 Å². The fourth-order valence-corrected chi connectivity index (χ4v) is 1.96. The molecule has 0 bridgehead atoms. The zero-order valence-corrected chi connectivity index (χ0v) is 7.20. The van der Waals surface area contributed by atoms with Crippen molar-refractivity contribution in [1.82, 2.24) is 0 Å².